The van der Waals surface area contributed by atoms with Gasteiger partial charge >= 0.3 is 0 Å². The third kappa shape index (κ3) is 6.21. The van der Waals surface area contributed by atoms with Gasteiger partial charge in [-0.05, 0) is 48.2 Å². The number of nitrogens with zero attached hydrogens (tertiary/aromatic N) is 1. The molecule has 0 bridgehead atoms. The lowest BCUT2D eigenvalue weighted by atomic mass is 10.1. The molecule has 6 nitrogen and oxygen atoms in total. The largest absolute Gasteiger partial charge is 0.508 e. The summed E-state index contributed by atoms with van der Waals surface area (Å²) in [6, 6.07) is 15.5. The Hall–Kier alpha value is -3.46. The van der Waals surface area contributed by atoms with Crippen molar-refractivity contribution in [3.8, 4) is 17.6 Å². The van der Waals surface area contributed by atoms with E-state index in [-0.39, 0.29) is 17.1 Å². The van der Waals surface area contributed by atoms with Crippen molar-refractivity contribution >= 4 is 5.91 Å². The highest BCUT2D eigenvalue weighted by Gasteiger charge is 2.07. The molecule has 0 atom stereocenters. The maximum Gasteiger partial charge on any atom is 0.263 e. The first-order valence-electron chi connectivity index (χ1n) is 8.26. The molecular weight excluding hydrogens is 330 g/mol. The molecule has 0 unspecified atom stereocenters. The van der Waals surface area contributed by atoms with Crippen molar-refractivity contribution in [1.29, 1.82) is 5.26 Å². The van der Waals surface area contributed by atoms with Gasteiger partial charge in [0.25, 0.3) is 5.91 Å². The third-order valence-corrected chi connectivity index (χ3v) is 3.74. The Labute approximate surface area is 152 Å². The second kappa shape index (κ2) is 9.74. The van der Waals surface area contributed by atoms with E-state index in [0.29, 0.717) is 25.9 Å². The fourth-order valence-electron chi connectivity index (χ4n) is 2.28. The SMILES string of the molecule is N#C/C(=C/NCCc1ccc(O)cc1)C(=O)NCCc1ccc(O)cc1. The molecule has 0 radical (unpaired) electrons. The predicted molar refractivity (Wildman–Crippen MR) is 98.3 cm³/mol. The zero-order chi connectivity index (χ0) is 18.8. The first-order valence-corrected chi connectivity index (χ1v) is 8.26. The summed E-state index contributed by atoms with van der Waals surface area (Å²) < 4.78 is 0. The summed E-state index contributed by atoms with van der Waals surface area (Å²) in [6.07, 6.45) is 2.73. The molecule has 0 fully saturated rings. The van der Waals surface area contributed by atoms with E-state index in [9.17, 15) is 15.0 Å². The summed E-state index contributed by atoms with van der Waals surface area (Å²) in [5.74, 6) is -0.00776. The molecule has 2 aromatic rings. The number of nitrogens with one attached hydrogen (secondary N) is 2. The highest BCUT2D eigenvalue weighted by molar-refractivity contribution is 5.97. The maximum atomic E-state index is 12.0. The summed E-state index contributed by atoms with van der Waals surface area (Å²) in [5, 5.41) is 33.2. The van der Waals surface area contributed by atoms with Crippen LogP contribution in [0.4, 0.5) is 0 Å². The van der Waals surface area contributed by atoms with E-state index in [1.165, 1.54) is 6.20 Å². The lowest BCUT2D eigenvalue weighted by Crippen LogP contribution is -2.27. The van der Waals surface area contributed by atoms with Crippen molar-refractivity contribution in [2.75, 3.05) is 13.1 Å². The van der Waals surface area contributed by atoms with Gasteiger partial charge in [0.05, 0.1) is 0 Å². The van der Waals surface area contributed by atoms with Gasteiger partial charge in [-0.3, -0.25) is 4.79 Å². The molecule has 0 spiro atoms. The number of nitriles is 1. The first kappa shape index (κ1) is 18.9. The predicted octanol–water partition coefficient (Wildman–Crippen LogP) is 2.00. The zero-order valence-electron chi connectivity index (χ0n) is 14.3. The Balaban J connectivity index is 1.74. The van der Waals surface area contributed by atoms with E-state index in [1.807, 2.05) is 18.2 Å². The van der Waals surface area contributed by atoms with Gasteiger partial charge in [0.15, 0.2) is 0 Å². The van der Waals surface area contributed by atoms with E-state index in [2.05, 4.69) is 10.6 Å². The van der Waals surface area contributed by atoms with Crippen molar-refractivity contribution in [2.45, 2.75) is 12.8 Å². The standard InChI is InChI=1S/C20H21N3O3/c21-13-17(14-22-11-9-15-1-5-18(24)6-2-15)20(26)23-12-10-16-3-7-19(25)8-4-16/h1-8,14,22,24-25H,9-12H2,(H,23,26)/b17-14-. The molecule has 0 aliphatic carbocycles. The van der Waals surface area contributed by atoms with Gasteiger partial charge in [-0.1, -0.05) is 24.3 Å². The second-order valence-electron chi connectivity index (χ2n) is 5.71. The fourth-order valence-corrected chi connectivity index (χ4v) is 2.28. The minimum atomic E-state index is -0.427. The van der Waals surface area contributed by atoms with Gasteiger partial charge in [0.1, 0.15) is 23.1 Å². The van der Waals surface area contributed by atoms with Crippen LogP contribution in [0.5, 0.6) is 11.5 Å². The summed E-state index contributed by atoms with van der Waals surface area (Å²) in [4.78, 5) is 12.0. The summed E-state index contributed by atoms with van der Waals surface area (Å²) in [5.41, 5.74) is 2.04. The van der Waals surface area contributed by atoms with E-state index >= 15 is 0 Å². The molecule has 2 rings (SSSR count). The molecule has 0 aliphatic heterocycles. The smallest absolute Gasteiger partial charge is 0.263 e. The average molecular weight is 351 g/mol. The number of rotatable bonds is 8. The van der Waals surface area contributed by atoms with E-state index in [1.54, 1.807) is 36.4 Å². The monoisotopic (exact) mass is 351 g/mol. The lowest BCUT2D eigenvalue weighted by Gasteiger charge is -2.06. The van der Waals surface area contributed by atoms with Crippen LogP contribution in [-0.2, 0) is 17.6 Å². The van der Waals surface area contributed by atoms with Gasteiger partial charge < -0.3 is 20.8 Å². The number of hydrogen-bond acceptors (Lipinski definition) is 5. The molecule has 134 valence electrons. The number of benzene rings is 2. The number of amides is 1. The summed E-state index contributed by atoms with van der Waals surface area (Å²) in [7, 11) is 0. The molecule has 2 aromatic carbocycles. The van der Waals surface area contributed by atoms with Gasteiger partial charge in [-0.25, -0.2) is 0 Å². The van der Waals surface area contributed by atoms with E-state index in [4.69, 9.17) is 5.26 Å². The molecule has 0 aromatic heterocycles. The van der Waals surface area contributed by atoms with Crippen LogP contribution in [0.25, 0.3) is 0 Å². The molecule has 0 heterocycles. The highest BCUT2D eigenvalue weighted by Crippen LogP contribution is 2.10. The Morgan fingerprint density at radius 1 is 0.923 bits per heavy atom. The molecule has 0 saturated heterocycles. The molecule has 1 amide bonds. The average Bonchev–Trinajstić information content (AvgIpc) is 2.65. The van der Waals surface area contributed by atoms with Crippen LogP contribution in [0.3, 0.4) is 0 Å². The topological polar surface area (TPSA) is 105 Å². The first-order chi connectivity index (χ1) is 12.6. The third-order valence-electron chi connectivity index (χ3n) is 3.74. The van der Waals surface area contributed by atoms with Crippen LogP contribution in [0.15, 0.2) is 60.3 Å². The number of carbonyl (C=O) groups excluding carboxylic acids is 1. The lowest BCUT2D eigenvalue weighted by molar-refractivity contribution is -0.117. The van der Waals surface area contributed by atoms with Crippen molar-refractivity contribution in [3.63, 3.8) is 0 Å². The second-order valence-corrected chi connectivity index (χ2v) is 5.71. The summed E-state index contributed by atoms with van der Waals surface area (Å²) >= 11 is 0. The Bertz CT molecular complexity index is 791. The van der Waals surface area contributed by atoms with Gasteiger partial charge in [0.2, 0.25) is 0 Å². The molecule has 0 saturated carbocycles. The van der Waals surface area contributed by atoms with Crippen LogP contribution >= 0.6 is 0 Å². The maximum absolute atomic E-state index is 12.0. The number of phenols is 2. The van der Waals surface area contributed by atoms with Crippen molar-refractivity contribution in [3.05, 3.63) is 71.4 Å². The summed E-state index contributed by atoms with van der Waals surface area (Å²) in [6.45, 7) is 0.965. The van der Waals surface area contributed by atoms with Gasteiger partial charge in [0, 0.05) is 19.3 Å². The van der Waals surface area contributed by atoms with Crippen molar-refractivity contribution in [1.82, 2.24) is 10.6 Å². The molecule has 0 aliphatic rings. The number of aromatic hydroxyl groups is 2. The van der Waals surface area contributed by atoms with Gasteiger partial charge in [-0.2, -0.15) is 5.26 Å². The van der Waals surface area contributed by atoms with Crippen LogP contribution in [0, 0.1) is 11.3 Å². The normalized spacial score (nSPS) is 10.8. The number of carbonyl (C=O) groups is 1. The van der Waals surface area contributed by atoms with Crippen LogP contribution in [0.2, 0.25) is 0 Å². The van der Waals surface area contributed by atoms with Crippen LogP contribution in [0.1, 0.15) is 11.1 Å². The van der Waals surface area contributed by atoms with Gasteiger partial charge in [-0.15, -0.1) is 0 Å². The van der Waals surface area contributed by atoms with Crippen LogP contribution in [-0.4, -0.2) is 29.2 Å². The Kier molecular flexibility index (Phi) is 7.07. The van der Waals surface area contributed by atoms with Crippen molar-refractivity contribution in [2.24, 2.45) is 0 Å². The highest BCUT2D eigenvalue weighted by atomic mass is 16.3. The quantitative estimate of drug-likeness (QED) is 0.331. The minimum Gasteiger partial charge on any atom is -0.508 e. The van der Waals surface area contributed by atoms with Crippen molar-refractivity contribution < 1.29 is 15.0 Å². The zero-order valence-corrected chi connectivity index (χ0v) is 14.3. The molecule has 6 heteroatoms. The van der Waals surface area contributed by atoms with E-state index < -0.39 is 5.91 Å². The molecule has 4 N–H and O–H groups in total. The van der Waals surface area contributed by atoms with E-state index in [0.717, 1.165) is 11.1 Å². The molecular formula is C20H21N3O3. The fraction of sp³-hybridized carbons (Fsp3) is 0.200. The number of hydrogen-bond donors (Lipinski definition) is 4. The Morgan fingerprint density at radius 2 is 1.42 bits per heavy atom. The molecule has 26 heavy (non-hydrogen) atoms. The van der Waals surface area contributed by atoms with Crippen LogP contribution < -0.4 is 10.6 Å². The Morgan fingerprint density at radius 3 is 1.92 bits per heavy atom. The minimum absolute atomic E-state index is 0.0152. The number of phenolic OH excluding ortho intramolecular Hbond substituents is 2.